The summed E-state index contributed by atoms with van der Waals surface area (Å²) in [6, 6.07) is 73.6. The fourth-order valence-electron chi connectivity index (χ4n) is 8.36. The van der Waals surface area contributed by atoms with Crippen LogP contribution in [0.2, 0.25) is 0 Å². The SMILES string of the molecule is c1ccc2cc(-c3ccc(N(c4ccc(-c5ccc6sc7ccccc7c6c5)cc4)c4ccc5c6ccccc6c6ccccc6c5c4)cc3)ccc2c1. The number of hydrogen-bond acceptors (Lipinski definition) is 2. The first kappa shape index (κ1) is 30.8. The second-order valence-electron chi connectivity index (χ2n) is 14.1. The van der Waals surface area contributed by atoms with Crippen LogP contribution in [0.15, 0.2) is 200 Å². The Morgan fingerprint density at radius 1 is 0.259 bits per heavy atom. The summed E-state index contributed by atoms with van der Waals surface area (Å²) in [6.07, 6.45) is 0. The fraction of sp³-hybridized carbons (Fsp3) is 0. The normalized spacial score (nSPS) is 11.7. The van der Waals surface area contributed by atoms with Crippen molar-refractivity contribution in [3.63, 3.8) is 0 Å². The van der Waals surface area contributed by atoms with Crippen LogP contribution < -0.4 is 4.90 Å². The van der Waals surface area contributed by atoms with Gasteiger partial charge in [0.05, 0.1) is 0 Å². The number of fused-ring (bicyclic) bond motifs is 10. The quantitative estimate of drug-likeness (QED) is 0.161. The molecular formula is C52H33NS. The van der Waals surface area contributed by atoms with Crippen molar-refractivity contribution < 1.29 is 0 Å². The molecule has 1 heterocycles. The van der Waals surface area contributed by atoms with Crippen LogP contribution in [0.1, 0.15) is 0 Å². The van der Waals surface area contributed by atoms with E-state index in [0.29, 0.717) is 0 Å². The average Bonchev–Trinajstić information content (AvgIpc) is 3.62. The van der Waals surface area contributed by atoms with Crippen LogP contribution >= 0.6 is 11.3 Å². The molecule has 1 aromatic heterocycles. The zero-order chi connectivity index (χ0) is 35.6. The van der Waals surface area contributed by atoms with E-state index in [0.717, 1.165) is 17.1 Å². The zero-order valence-corrected chi connectivity index (χ0v) is 30.2. The molecule has 0 unspecified atom stereocenters. The fourth-order valence-corrected chi connectivity index (χ4v) is 9.45. The second kappa shape index (κ2) is 12.4. The van der Waals surface area contributed by atoms with Gasteiger partial charge in [0, 0.05) is 37.2 Å². The van der Waals surface area contributed by atoms with Crippen LogP contribution in [0, 0.1) is 0 Å². The van der Waals surface area contributed by atoms with Crippen molar-refractivity contribution in [2.75, 3.05) is 4.90 Å². The van der Waals surface area contributed by atoms with Crippen molar-refractivity contribution in [1.29, 1.82) is 0 Å². The van der Waals surface area contributed by atoms with E-state index in [9.17, 15) is 0 Å². The van der Waals surface area contributed by atoms with Gasteiger partial charge < -0.3 is 4.90 Å². The van der Waals surface area contributed by atoms with E-state index in [2.05, 4.69) is 205 Å². The highest BCUT2D eigenvalue weighted by atomic mass is 32.1. The minimum atomic E-state index is 1.11. The highest BCUT2D eigenvalue weighted by Gasteiger charge is 2.17. The Morgan fingerprint density at radius 2 is 0.722 bits per heavy atom. The standard InChI is InChI=1S/C52H33NS/c1-2-10-37-31-38(18-17-34(37)9-1)35-19-24-40(25-20-35)53(42-28-29-47-45-13-4-3-11-43(45)44-12-5-6-14-46(44)49(47)33-42)41-26-21-36(22-27-41)39-23-30-52-50(32-39)48-15-7-8-16-51(48)54-52/h1-33H. The molecule has 0 saturated carbocycles. The summed E-state index contributed by atoms with van der Waals surface area (Å²) in [5, 5.41) is 12.8. The summed E-state index contributed by atoms with van der Waals surface area (Å²) in [5.74, 6) is 0. The third-order valence-corrected chi connectivity index (χ3v) is 12.2. The second-order valence-corrected chi connectivity index (χ2v) is 15.2. The first-order chi connectivity index (χ1) is 26.7. The molecular weight excluding hydrogens is 671 g/mol. The van der Waals surface area contributed by atoms with E-state index >= 15 is 0 Å². The number of nitrogens with zero attached hydrogens (tertiary/aromatic N) is 1. The molecule has 0 saturated heterocycles. The Hall–Kier alpha value is -6.74. The Morgan fingerprint density at radius 3 is 1.39 bits per heavy atom. The molecule has 11 rings (SSSR count). The van der Waals surface area contributed by atoms with Crippen molar-refractivity contribution in [2.45, 2.75) is 0 Å². The lowest BCUT2D eigenvalue weighted by Crippen LogP contribution is -2.10. The Kier molecular flexibility index (Phi) is 7.11. The number of anilines is 3. The lowest BCUT2D eigenvalue weighted by Gasteiger charge is -2.27. The van der Waals surface area contributed by atoms with Crippen LogP contribution in [0.5, 0.6) is 0 Å². The summed E-state index contributed by atoms with van der Waals surface area (Å²) < 4.78 is 2.66. The van der Waals surface area contributed by atoms with Gasteiger partial charge in [0.25, 0.3) is 0 Å². The van der Waals surface area contributed by atoms with Gasteiger partial charge in [0.15, 0.2) is 0 Å². The highest BCUT2D eigenvalue weighted by molar-refractivity contribution is 7.25. The summed E-state index contributed by atoms with van der Waals surface area (Å²) in [5.41, 5.74) is 8.21. The molecule has 252 valence electrons. The maximum atomic E-state index is 2.40. The predicted octanol–water partition coefficient (Wildman–Crippen LogP) is 15.5. The molecule has 0 N–H and O–H groups in total. The van der Waals surface area contributed by atoms with Gasteiger partial charge in [0.2, 0.25) is 0 Å². The molecule has 1 nitrogen and oxygen atoms in total. The first-order valence-corrected chi connectivity index (χ1v) is 19.3. The number of rotatable bonds is 5. The Labute approximate surface area is 317 Å². The predicted molar refractivity (Wildman–Crippen MR) is 235 cm³/mol. The molecule has 0 bridgehead atoms. The van der Waals surface area contributed by atoms with E-state index in [4.69, 9.17) is 0 Å². The van der Waals surface area contributed by atoms with Crippen LogP contribution in [0.4, 0.5) is 17.1 Å². The monoisotopic (exact) mass is 703 g/mol. The summed E-state index contributed by atoms with van der Waals surface area (Å²) >= 11 is 1.86. The van der Waals surface area contributed by atoms with Gasteiger partial charge in [-0.15, -0.1) is 11.3 Å². The van der Waals surface area contributed by atoms with Crippen LogP contribution in [-0.4, -0.2) is 0 Å². The van der Waals surface area contributed by atoms with Crippen molar-refractivity contribution in [3.05, 3.63) is 200 Å². The molecule has 0 amide bonds. The van der Waals surface area contributed by atoms with Gasteiger partial charge in [-0.1, -0.05) is 140 Å². The third-order valence-electron chi connectivity index (χ3n) is 11.0. The van der Waals surface area contributed by atoms with Crippen LogP contribution in [0.3, 0.4) is 0 Å². The molecule has 0 radical (unpaired) electrons. The molecule has 0 aliphatic carbocycles. The maximum absolute atomic E-state index is 2.40. The minimum absolute atomic E-state index is 1.11. The van der Waals surface area contributed by atoms with Crippen LogP contribution in [0.25, 0.3) is 85.5 Å². The molecule has 0 aliphatic rings. The molecule has 0 fully saturated rings. The van der Waals surface area contributed by atoms with Crippen molar-refractivity contribution in [1.82, 2.24) is 0 Å². The molecule has 0 atom stereocenters. The van der Waals surface area contributed by atoms with Gasteiger partial charge in [-0.25, -0.2) is 0 Å². The van der Waals surface area contributed by atoms with Gasteiger partial charge in [-0.05, 0) is 126 Å². The summed E-state index contributed by atoms with van der Waals surface area (Å²) in [6.45, 7) is 0. The van der Waals surface area contributed by atoms with E-state index in [1.165, 1.54) is 85.5 Å². The van der Waals surface area contributed by atoms with E-state index in [-0.39, 0.29) is 0 Å². The number of benzene rings is 10. The van der Waals surface area contributed by atoms with E-state index in [1.54, 1.807) is 0 Å². The van der Waals surface area contributed by atoms with Gasteiger partial charge >= 0.3 is 0 Å². The van der Waals surface area contributed by atoms with Crippen molar-refractivity contribution in [3.8, 4) is 22.3 Å². The Bertz CT molecular complexity index is 3170. The first-order valence-electron chi connectivity index (χ1n) is 18.5. The van der Waals surface area contributed by atoms with E-state index < -0.39 is 0 Å². The van der Waals surface area contributed by atoms with Gasteiger partial charge in [-0.3, -0.25) is 0 Å². The van der Waals surface area contributed by atoms with Crippen LogP contribution in [-0.2, 0) is 0 Å². The zero-order valence-electron chi connectivity index (χ0n) is 29.4. The molecule has 54 heavy (non-hydrogen) atoms. The minimum Gasteiger partial charge on any atom is -0.310 e. The largest absolute Gasteiger partial charge is 0.310 e. The smallest absolute Gasteiger partial charge is 0.0468 e. The molecule has 11 aromatic rings. The molecule has 0 spiro atoms. The molecule has 2 heteroatoms. The third kappa shape index (κ3) is 5.07. The lowest BCUT2D eigenvalue weighted by molar-refractivity contribution is 1.29. The lowest BCUT2D eigenvalue weighted by atomic mass is 9.94. The average molecular weight is 704 g/mol. The molecule has 0 aliphatic heterocycles. The number of hydrogen-bond donors (Lipinski definition) is 0. The summed E-state index contributed by atoms with van der Waals surface area (Å²) in [7, 11) is 0. The van der Waals surface area contributed by atoms with Gasteiger partial charge in [-0.2, -0.15) is 0 Å². The Balaban J connectivity index is 1.05. The highest BCUT2D eigenvalue weighted by Crippen LogP contribution is 2.42. The van der Waals surface area contributed by atoms with Crippen molar-refractivity contribution >= 4 is 91.7 Å². The maximum Gasteiger partial charge on any atom is 0.0468 e. The van der Waals surface area contributed by atoms with Gasteiger partial charge in [0.1, 0.15) is 0 Å². The van der Waals surface area contributed by atoms with Crippen molar-refractivity contribution in [2.24, 2.45) is 0 Å². The number of thiophene rings is 1. The topological polar surface area (TPSA) is 3.24 Å². The molecule has 10 aromatic carbocycles. The summed E-state index contributed by atoms with van der Waals surface area (Å²) in [4.78, 5) is 2.40. The van der Waals surface area contributed by atoms with E-state index in [1.807, 2.05) is 11.3 Å².